The summed E-state index contributed by atoms with van der Waals surface area (Å²) in [5.74, 6) is -0.607. The Hall–Kier alpha value is -4.31. The number of piperidine rings is 2. The van der Waals surface area contributed by atoms with Gasteiger partial charge in [-0.25, -0.2) is 14.7 Å². The van der Waals surface area contributed by atoms with Crippen molar-refractivity contribution in [3.05, 3.63) is 84.0 Å². The van der Waals surface area contributed by atoms with Crippen molar-refractivity contribution in [3.63, 3.8) is 0 Å². The number of benzene rings is 1. The van der Waals surface area contributed by atoms with Crippen LogP contribution >= 0.6 is 0 Å². The van der Waals surface area contributed by atoms with Gasteiger partial charge >= 0.3 is 5.69 Å². The molecule has 48 heavy (non-hydrogen) atoms. The van der Waals surface area contributed by atoms with Gasteiger partial charge < -0.3 is 4.90 Å². The second-order valence-corrected chi connectivity index (χ2v) is 14.0. The van der Waals surface area contributed by atoms with Crippen molar-refractivity contribution < 1.29 is 14.4 Å². The summed E-state index contributed by atoms with van der Waals surface area (Å²) in [6.07, 6.45) is 12.7. The number of hydrogen-bond acceptors (Lipinski definition) is 6. The first-order chi connectivity index (χ1) is 23.4. The summed E-state index contributed by atoms with van der Waals surface area (Å²) in [4.78, 5) is 63.0. The van der Waals surface area contributed by atoms with Gasteiger partial charge in [-0.15, -0.1) is 13.2 Å². The van der Waals surface area contributed by atoms with Gasteiger partial charge in [-0.1, -0.05) is 43.5 Å². The molecule has 7 rings (SSSR count). The molecule has 2 atom stereocenters. The molecule has 0 N–H and O–H groups in total. The Bertz CT molecular complexity index is 1750. The van der Waals surface area contributed by atoms with E-state index in [-0.39, 0.29) is 35.4 Å². The molecule has 3 aliphatic heterocycles. The van der Waals surface area contributed by atoms with E-state index in [2.05, 4.69) is 35.2 Å². The van der Waals surface area contributed by atoms with E-state index in [1.807, 2.05) is 32.2 Å². The monoisotopic (exact) mass is 650 g/mol. The fourth-order valence-corrected chi connectivity index (χ4v) is 8.21. The summed E-state index contributed by atoms with van der Waals surface area (Å²) >= 11 is 0. The van der Waals surface area contributed by atoms with Crippen LogP contribution in [0.5, 0.6) is 0 Å². The van der Waals surface area contributed by atoms with Crippen molar-refractivity contribution >= 4 is 34.6 Å². The number of aryl methyl sites for hydroxylation is 1. The van der Waals surface area contributed by atoms with Gasteiger partial charge in [0.2, 0.25) is 17.7 Å². The van der Waals surface area contributed by atoms with E-state index in [0.29, 0.717) is 25.5 Å². The molecule has 10 nitrogen and oxygen atoms in total. The van der Waals surface area contributed by atoms with E-state index in [1.165, 1.54) is 31.4 Å². The molecular formula is C38H46N6O4. The number of amides is 3. The molecule has 252 valence electrons. The van der Waals surface area contributed by atoms with Gasteiger partial charge in [0.05, 0.1) is 22.9 Å². The van der Waals surface area contributed by atoms with E-state index in [0.717, 1.165) is 79.2 Å². The van der Waals surface area contributed by atoms with Crippen LogP contribution in [0, 0.1) is 23.7 Å². The molecule has 2 aromatic heterocycles. The molecule has 3 aromatic rings. The average Bonchev–Trinajstić information content (AvgIpc) is 3.51. The van der Waals surface area contributed by atoms with Crippen LogP contribution in [0.15, 0.2) is 72.7 Å². The molecule has 0 spiro atoms. The molecule has 1 aromatic carbocycles. The lowest BCUT2D eigenvalue weighted by Gasteiger charge is -2.37. The largest absolute Gasteiger partial charge is 0.342 e. The van der Waals surface area contributed by atoms with Gasteiger partial charge in [0, 0.05) is 44.3 Å². The number of carbonyl (C=O) groups excluding carboxylic acids is 3. The summed E-state index contributed by atoms with van der Waals surface area (Å²) in [6.45, 7) is 11.8. The van der Waals surface area contributed by atoms with Gasteiger partial charge in [-0.05, 0) is 80.9 Å². The van der Waals surface area contributed by atoms with Crippen LogP contribution in [0.25, 0.3) is 11.0 Å². The Morgan fingerprint density at radius 2 is 1.52 bits per heavy atom. The molecule has 0 radical (unpaired) electrons. The molecule has 4 aliphatic rings. The number of rotatable bonds is 10. The lowest BCUT2D eigenvalue weighted by molar-refractivity contribution is -0.138. The Kier molecular flexibility index (Phi) is 9.18. The third kappa shape index (κ3) is 5.95. The zero-order chi connectivity index (χ0) is 33.4. The van der Waals surface area contributed by atoms with Gasteiger partial charge in [-0.3, -0.25) is 28.4 Å². The minimum absolute atomic E-state index is 0.00606. The number of fused-ring (bicyclic) bond motifs is 1. The van der Waals surface area contributed by atoms with E-state index in [4.69, 9.17) is 0 Å². The van der Waals surface area contributed by atoms with Gasteiger partial charge in [0.25, 0.3) is 0 Å². The Morgan fingerprint density at radius 1 is 0.854 bits per heavy atom. The second kappa shape index (κ2) is 13.7. The molecule has 3 amide bonds. The third-order valence-electron chi connectivity index (χ3n) is 11.3. The van der Waals surface area contributed by atoms with E-state index < -0.39 is 11.8 Å². The highest BCUT2D eigenvalue weighted by atomic mass is 16.2. The summed E-state index contributed by atoms with van der Waals surface area (Å²) in [5.41, 5.74) is 3.09. The van der Waals surface area contributed by atoms with Crippen LogP contribution < -0.4 is 10.6 Å². The minimum atomic E-state index is -0.626. The van der Waals surface area contributed by atoms with Crippen molar-refractivity contribution in [2.45, 2.75) is 70.5 Å². The first kappa shape index (κ1) is 32.2. The second-order valence-electron chi connectivity index (χ2n) is 14.0. The first-order valence-electron chi connectivity index (χ1n) is 17.7. The number of imide groups is 1. The predicted molar refractivity (Wildman–Crippen MR) is 185 cm³/mol. The van der Waals surface area contributed by atoms with E-state index in [1.54, 1.807) is 12.3 Å². The maximum Gasteiger partial charge on any atom is 0.329 e. The number of aromatic nitrogens is 3. The van der Waals surface area contributed by atoms with Crippen molar-refractivity contribution in [1.29, 1.82) is 0 Å². The average molecular weight is 651 g/mol. The lowest BCUT2D eigenvalue weighted by Crippen LogP contribution is -2.46. The van der Waals surface area contributed by atoms with Crippen molar-refractivity contribution in [2.24, 2.45) is 23.7 Å². The fourth-order valence-electron chi connectivity index (χ4n) is 8.21. The molecule has 10 heteroatoms. The molecule has 4 fully saturated rings. The smallest absolute Gasteiger partial charge is 0.329 e. The summed E-state index contributed by atoms with van der Waals surface area (Å²) in [6, 6.07) is 12.0. The quantitative estimate of drug-likeness (QED) is 0.228. The Balaban J connectivity index is 0.932. The zero-order valence-electron chi connectivity index (χ0n) is 27.7. The van der Waals surface area contributed by atoms with Crippen LogP contribution in [-0.4, -0.2) is 67.8 Å². The van der Waals surface area contributed by atoms with Crippen molar-refractivity contribution in [1.82, 2.24) is 23.9 Å². The van der Waals surface area contributed by atoms with Crippen LogP contribution in [0.3, 0.4) is 0 Å². The zero-order valence-corrected chi connectivity index (χ0v) is 27.7. The molecule has 1 aliphatic carbocycles. The fraction of sp³-hybridized carbons (Fsp3) is 0.500. The Morgan fingerprint density at radius 3 is 2.15 bits per heavy atom. The molecule has 1 saturated carbocycles. The van der Waals surface area contributed by atoms with Gasteiger partial charge in [0.1, 0.15) is 5.82 Å². The molecular weight excluding hydrogens is 604 g/mol. The number of likely N-dealkylation sites (tertiary alicyclic amines) is 2. The first-order valence-corrected chi connectivity index (χ1v) is 17.7. The summed E-state index contributed by atoms with van der Waals surface area (Å²) in [5, 5.41) is 0. The molecule has 3 saturated heterocycles. The number of carbonyl (C=O) groups is 3. The third-order valence-corrected chi connectivity index (χ3v) is 11.3. The summed E-state index contributed by atoms with van der Waals surface area (Å²) in [7, 11) is 0. The van der Waals surface area contributed by atoms with E-state index >= 15 is 0 Å². The van der Waals surface area contributed by atoms with Crippen LogP contribution in [0.2, 0.25) is 0 Å². The van der Waals surface area contributed by atoms with Crippen LogP contribution in [-0.2, 0) is 27.5 Å². The summed E-state index contributed by atoms with van der Waals surface area (Å²) < 4.78 is 3.99. The molecule has 5 heterocycles. The number of imidazole rings is 1. The van der Waals surface area contributed by atoms with Crippen molar-refractivity contribution in [3.8, 4) is 0 Å². The van der Waals surface area contributed by atoms with Crippen molar-refractivity contribution in [2.75, 3.05) is 31.1 Å². The topological polar surface area (TPSA) is 101 Å². The maximum atomic E-state index is 13.7. The molecule has 0 bridgehead atoms. The molecule has 2 unspecified atom stereocenters. The number of para-hydroxylation sites is 2. The highest BCUT2D eigenvalue weighted by Gasteiger charge is 2.46. The highest BCUT2D eigenvalue weighted by molar-refractivity contribution is 6.22. The predicted octanol–water partition coefficient (Wildman–Crippen LogP) is 4.94. The van der Waals surface area contributed by atoms with Crippen LogP contribution in [0.4, 0.5) is 5.82 Å². The van der Waals surface area contributed by atoms with E-state index in [9.17, 15) is 19.2 Å². The minimum Gasteiger partial charge on any atom is -0.342 e. The number of anilines is 1. The number of pyridine rings is 1. The highest BCUT2D eigenvalue weighted by Crippen LogP contribution is 2.33. The Labute approximate surface area is 281 Å². The number of nitrogens with zero attached hydrogens (tertiary/aromatic N) is 6. The normalized spacial score (nSPS) is 23.2. The standard InChI is InChI=1S/C38H46N6O4/c1-3-30-31(4-2)37(47)44(36(30)46)34-24-27(12-18-39-34)25-40-19-14-28(15-20-40)35(45)41-21-16-29(17-22-41)43-33-11-6-5-10-32(33)42(38(43)48)23-13-26-8-7-9-26/h3-6,10-12,18,24,26,28-31H,1-2,7-9,13-17,19-23,25H2. The maximum absolute atomic E-state index is 13.7. The van der Waals surface area contributed by atoms with Crippen LogP contribution in [0.1, 0.15) is 63.0 Å². The van der Waals surface area contributed by atoms with Gasteiger partial charge in [0.15, 0.2) is 0 Å². The van der Waals surface area contributed by atoms with Gasteiger partial charge in [-0.2, -0.15) is 0 Å². The SMILES string of the molecule is C=CC1C(=O)N(c2cc(CN3CCC(C(=O)N4CCC(n5c(=O)n(CCC6CCC6)c6ccccc65)CC4)CC3)ccn2)C(=O)C1C=C. The lowest BCUT2D eigenvalue weighted by atomic mass is 9.83. The number of hydrogen-bond donors (Lipinski definition) is 0.